The zero-order chi connectivity index (χ0) is 25.2. The first-order chi connectivity index (χ1) is 17.5. The molecule has 0 saturated heterocycles. The molecule has 0 saturated carbocycles. The fourth-order valence-electron chi connectivity index (χ4n) is 4.76. The fourth-order valence-corrected chi connectivity index (χ4v) is 4.76. The lowest BCUT2D eigenvalue weighted by Crippen LogP contribution is -1.92. The number of benzene rings is 5. The normalized spacial score (nSPS) is 11.0. The zero-order valence-electron chi connectivity index (χ0n) is 19.7. The van der Waals surface area contributed by atoms with Crippen molar-refractivity contribution in [3.8, 4) is 24.7 Å². The van der Waals surface area contributed by atoms with E-state index in [1.807, 2.05) is 54.6 Å². The van der Waals surface area contributed by atoms with E-state index in [-0.39, 0.29) is 10.6 Å². The highest BCUT2D eigenvalue weighted by Crippen LogP contribution is 2.37. The molecule has 0 aliphatic heterocycles. The Morgan fingerprint density at radius 2 is 1.47 bits per heavy atom. The van der Waals surface area contributed by atoms with Crippen molar-refractivity contribution in [1.29, 1.82) is 0 Å². The standard InChI is InChI=1S/C33H21NO2/c1-4-23(5-2)30(24-11-7-6-8-12-24)18-17-29-22(3)28-13-9-10-14-31(28)33-21-26-19-27(34(35)36)16-15-25(26)20-32(29)33/h1-2,6-21H,3H3/b18-17+. The molecule has 0 aliphatic rings. The van der Waals surface area contributed by atoms with E-state index in [0.717, 1.165) is 54.6 Å². The van der Waals surface area contributed by atoms with Crippen LogP contribution >= 0.6 is 0 Å². The van der Waals surface area contributed by atoms with Gasteiger partial charge in [-0.25, -0.2) is 0 Å². The summed E-state index contributed by atoms with van der Waals surface area (Å²) in [5, 5.41) is 17.4. The van der Waals surface area contributed by atoms with Gasteiger partial charge >= 0.3 is 0 Å². The van der Waals surface area contributed by atoms with E-state index in [0.29, 0.717) is 5.57 Å². The quantitative estimate of drug-likeness (QED) is 0.0675. The number of rotatable bonds is 4. The van der Waals surface area contributed by atoms with Gasteiger partial charge in [-0.3, -0.25) is 10.1 Å². The topological polar surface area (TPSA) is 43.1 Å². The summed E-state index contributed by atoms with van der Waals surface area (Å²) in [7, 11) is 0. The first-order valence-corrected chi connectivity index (χ1v) is 11.5. The van der Waals surface area contributed by atoms with Crippen LogP contribution in [0.25, 0.3) is 44.0 Å². The maximum atomic E-state index is 11.4. The fraction of sp³-hybridized carbons (Fsp3) is 0.0303. The van der Waals surface area contributed by atoms with Gasteiger partial charge in [-0.2, -0.15) is 0 Å². The number of nitro groups is 1. The second-order valence-electron chi connectivity index (χ2n) is 8.55. The third kappa shape index (κ3) is 3.90. The van der Waals surface area contributed by atoms with Gasteiger partial charge in [0, 0.05) is 17.7 Å². The molecule has 0 radical (unpaired) electrons. The summed E-state index contributed by atoms with van der Waals surface area (Å²) >= 11 is 0. The molecule has 0 bridgehead atoms. The molecule has 170 valence electrons. The number of aryl methyl sites for hydroxylation is 1. The lowest BCUT2D eigenvalue weighted by atomic mass is 9.89. The molecule has 0 heterocycles. The molecule has 5 aromatic carbocycles. The van der Waals surface area contributed by atoms with E-state index >= 15 is 0 Å². The van der Waals surface area contributed by atoms with Crippen LogP contribution in [-0.4, -0.2) is 4.92 Å². The van der Waals surface area contributed by atoms with Crippen LogP contribution in [-0.2, 0) is 0 Å². The lowest BCUT2D eigenvalue weighted by molar-refractivity contribution is -0.384. The molecule has 0 aliphatic carbocycles. The minimum absolute atomic E-state index is 0.0760. The number of allylic oxidation sites excluding steroid dienone is 3. The average Bonchev–Trinajstić information content (AvgIpc) is 2.91. The third-order valence-electron chi connectivity index (χ3n) is 6.55. The van der Waals surface area contributed by atoms with Crippen LogP contribution < -0.4 is 0 Å². The van der Waals surface area contributed by atoms with Gasteiger partial charge in [0.1, 0.15) is 0 Å². The Balaban J connectivity index is 1.83. The second-order valence-corrected chi connectivity index (χ2v) is 8.55. The number of fused-ring (bicyclic) bond motifs is 4. The van der Waals surface area contributed by atoms with Crippen LogP contribution in [0.2, 0.25) is 0 Å². The van der Waals surface area contributed by atoms with Gasteiger partial charge in [0.2, 0.25) is 0 Å². The highest BCUT2D eigenvalue weighted by Gasteiger charge is 2.13. The van der Waals surface area contributed by atoms with E-state index in [1.54, 1.807) is 18.2 Å². The van der Waals surface area contributed by atoms with E-state index in [2.05, 4.69) is 43.0 Å². The van der Waals surface area contributed by atoms with Crippen molar-refractivity contribution in [2.45, 2.75) is 6.92 Å². The van der Waals surface area contributed by atoms with Gasteiger partial charge in [-0.1, -0.05) is 78.6 Å². The van der Waals surface area contributed by atoms with Crippen molar-refractivity contribution in [2.75, 3.05) is 0 Å². The monoisotopic (exact) mass is 463 g/mol. The molecule has 0 spiro atoms. The number of hydrogen-bond acceptors (Lipinski definition) is 2. The Hall–Kier alpha value is -5.12. The minimum atomic E-state index is -0.364. The van der Waals surface area contributed by atoms with Crippen molar-refractivity contribution >= 4 is 49.7 Å². The molecule has 0 amide bonds. The number of terminal acetylenes is 2. The molecule has 0 fully saturated rings. The van der Waals surface area contributed by atoms with E-state index in [4.69, 9.17) is 12.8 Å². The van der Waals surface area contributed by atoms with Crippen LogP contribution in [0.4, 0.5) is 5.69 Å². The van der Waals surface area contributed by atoms with E-state index in [9.17, 15) is 10.1 Å². The molecule has 0 N–H and O–H groups in total. The summed E-state index contributed by atoms with van der Waals surface area (Å²) < 4.78 is 0. The predicted molar refractivity (Wildman–Crippen MR) is 150 cm³/mol. The predicted octanol–water partition coefficient (Wildman–Crippen LogP) is 8.10. The maximum Gasteiger partial charge on any atom is 0.270 e. The summed E-state index contributed by atoms with van der Waals surface area (Å²) in [5.41, 5.74) is 4.49. The summed E-state index contributed by atoms with van der Waals surface area (Å²) in [6.45, 7) is 2.11. The van der Waals surface area contributed by atoms with Gasteiger partial charge in [-0.05, 0) is 74.1 Å². The Bertz CT molecular complexity index is 1810. The highest BCUT2D eigenvalue weighted by atomic mass is 16.6. The third-order valence-corrected chi connectivity index (χ3v) is 6.55. The number of nitrogens with zero attached hydrogens (tertiary/aromatic N) is 1. The van der Waals surface area contributed by atoms with Crippen LogP contribution in [0.15, 0.2) is 96.6 Å². The molecule has 3 heteroatoms. The molecule has 5 rings (SSSR count). The average molecular weight is 464 g/mol. The Labute approximate surface area is 209 Å². The van der Waals surface area contributed by atoms with Crippen molar-refractivity contribution < 1.29 is 4.92 Å². The van der Waals surface area contributed by atoms with Crippen LogP contribution in [0.3, 0.4) is 0 Å². The molecule has 0 atom stereocenters. The maximum absolute atomic E-state index is 11.4. The SMILES string of the molecule is C#CC(C#C)=C(/C=C/c1c(C)c2ccccc2c2cc3cc([N+](=O)[O-])ccc3cc12)c1ccccc1. The Morgan fingerprint density at radius 3 is 2.17 bits per heavy atom. The van der Waals surface area contributed by atoms with Crippen molar-refractivity contribution in [2.24, 2.45) is 0 Å². The largest absolute Gasteiger partial charge is 0.270 e. The van der Waals surface area contributed by atoms with Gasteiger partial charge in [0.15, 0.2) is 0 Å². The minimum Gasteiger partial charge on any atom is -0.258 e. The van der Waals surface area contributed by atoms with Crippen molar-refractivity contribution in [1.82, 2.24) is 0 Å². The summed E-state index contributed by atoms with van der Waals surface area (Å²) in [4.78, 5) is 11.0. The van der Waals surface area contributed by atoms with Gasteiger partial charge < -0.3 is 0 Å². The van der Waals surface area contributed by atoms with E-state index in [1.165, 1.54) is 0 Å². The smallest absolute Gasteiger partial charge is 0.258 e. The van der Waals surface area contributed by atoms with Crippen LogP contribution in [0.1, 0.15) is 16.7 Å². The first-order valence-electron chi connectivity index (χ1n) is 11.5. The van der Waals surface area contributed by atoms with Crippen molar-refractivity contribution in [3.05, 3.63) is 123 Å². The number of nitro benzene ring substituents is 1. The molecule has 0 unspecified atom stereocenters. The molecule has 5 aromatic rings. The summed E-state index contributed by atoms with van der Waals surface area (Å²) in [5.74, 6) is 5.29. The molecule has 36 heavy (non-hydrogen) atoms. The van der Waals surface area contributed by atoms with Gasteiger partial charge in [0.05, 0.1) is 10.5 Å². The molecule has 0 aromatic heterocycles. The number of non-ortho nitro benzene ring substituents is 1. The Morgan fingerprint density at radius 1 is 0.806 bits per heavy atom. The zero-order valence-corrected chi connectivity index (χ0v) is 19.7. The summed E-state index contributed by atoms with van der Waals surface area (Å²) in [6.07, 6.45) is 15.6. The van der Waals surface area contributed by atoms with Gasteiger partial charge in [0.25, 0.3) is 5.69 Å². The molecular weight excluding hydrogens is 442 g/mol. The number of hydrogen-bond donors (Lipinski definition) is 0. The highest BCUT2D eigenvalue weighted by molar-refractivity contribution is 6.16. The second kappa shape index (κ2) is 9.26. The first kappa shape index (κ1) is 22.7. The molecule has 3 nitrogen and oxygen atoms in total. The van der Waals surface area contributed by atoms with Crippen LogP contribution in [0.5, 0.6) is 0 Å². The molecular formula is C33H21NO2. The van der Waals surface area contributed by atoms with Crippen LogP contribution in [0, 0.1) is 41.7 Å². The van der Waals surface area contributed by atoms with Crippen molar-refractivity contribution in [3.63, 3.8) is 0 Å². The van der Waals surface area contributed by atoms with Gasteiger partial charge in [-0.15, -0.1) is 12.8 Å². The summed E-state index contributed by atoms with van der Waals surface area (Å²) in [6, 6.07) is 27.2. The lowest BCUT2D eigenvalue weighted by Gasteiger charge is -2.14. The Kier molecular flexibility index (Phi) is 5.83. The van der Waals surface area contributed by atoms with E-state index < -0.39 is 0 Å².